The maximum atomic E-state index is 11.8. The number of unbranched alkanes of at least 4 members (excludes halogenated alkanes) is 1. The predicted octanol–water partition coefficient (Wildman–Crippen LogP) is 2.76. The van der Waals surface area contributed by atoms with Crippen molar-refractivity contribution in [2.75, 3.05) is 6.61 Å². The molecule has 0 atom stereocenters. The van der Waals surface area contributed by atoms with E-state index in [0.717, 1.165) is 19.4 Å². The Morgan fingerprint density at radius 2 is 2.19 bits per heavy atom. The van der Waals surface area contributed by atoms with Crippen molar-refractivity contribution in [3.05, 3.63) is 18.0 Å². The van der Waals surface area contributed by atoms with Gasteiger partial charge in [0.25, 0.3) is 0 Å². The molecule has 0 amide bonds. The minimum absolute atomic E-state index is 0.0986. The van der Waals surface area contributed by atoms with Crippen LogP contribution < -0.4 is 0 Å². The van der Waals surface area contributed by atoms with Crippen molar-refractivity contribution >= 4 is 0 Å². The molecule has 0 radical (unpaired) electrons. The van der Waals surface area contributed by atoms with Gasteiger partial charge in [0.05, 0.1) is 12.3 Å². The van der Waals surface area contributed by atoms with Gasteiger partial charge in [0, 0.05) is 12.7 Å². The zero-order valence-electron chi connectivity index (χ0n) is 9.13. The number of aromatic nitrogens is 2. The third-order valence-corrected chi connectivity index (χ3v) is 1.95. The Hall–Kier alpha value is -1.04. The molecule has 6 heteroatoms. The Balaban J connectivity index is 2.29. The zero-order valence-corrected chi connectivity index (χ0v) is 9.13. The molecule has 0 aliphatic heterocycles. The summed E-state index contributed by atoms with van der Waals surface area (Å²) in [6.45, 7) is 1.53. The number of halogens is 3. The Morgan fingerprint density at radius 3 is 2.81 bits per heavy atom. The smallest absolute Gasteiger partial charge is 0.366 e. The molecule has 1 aromatic heterocycles. The van der Waals surface area contributed by atoms with Crippen LogP contribution in [0.1, 0.15) is 25.5 Å². The molecule has 3 nitrogen and oxygen atoms in total. The van der Waals surface area contributed by atoms with E-state index in [1.807, 2.05) is 0 Å². The van der Waals surface area contributed by atoms with Crippen molar-refractivity contribution in [1.29, 1.82) is 0 Å². The van der Waals surface area contributed by atoms with Gasteiger partial charge in [-0.05, 0) is 12.5 Å². The summed E-state index contributed by atoms with van der Waals surface area (Å²) in [5.41, 5.74) is 0.528. The van der Waals surface area contributed by atoms with Crippen LogP contribution in [-0.4, -0.2) is 22.6 Å². The number of hydrogen-bond donors (Lipinski definition) is 0. The van der Waals surface area contributed by atoms with Crippen molar-refractivity contribution in [2.24, 2.45) is 0 Å². The molecule has 1 heterocycles. The fraction of sp³-hybridized carbons (Fsp3) is 0.700. The minimum Gasteiger partial charge on any atom is -0.366 e. The van der Waals surface area contributed by atoms with E-state index in [9.17, 15) is 13.2 Å². The van der Waals surface area contributed by atoms with Crippen LogP contribution in [0.4, 0.5) is 13.2 Å². The molecule has 16 heavy (non-hydrogen) atoms. The molecule has 0 bridgehead atoms. The number of ether oxygens (including phenoxy) is 1. The number of alkyl halides is 3. The van der Waals surface area contributed by atoms with Crippen LogP contribution in [0.25, 0.3) is 0 Å². The van der Waals surface area contributed by atoms with Crippen LogP contribution in [0.15, 0.2) is 12.3 Å². The second kappa shape index (κ2) is 5.89. The zero-order chi connectivity index (χ0) is 12.0. The first-order chi connectivity index (χ1) is 7.51. The van der Waals surface area contributed by atoms with Crippen molar-refractivity contribution < 1.29 is 17.9 Å². The van der Waals surface area contributed by atoms with Crippen molar-refractivity contribution in [3.63, 3.8) is 0 Å². The summed E-state index contributed by atoms with van der Waals surface area (Å²) in [7, 11) is 0. The van der Waals surface area contributed by atoms with Crippen LogP contribution in [-0.2, 0) is 17.9 Å². The summed E-state index contributed by atoms with van der Waals surface area (Å²) < 4.78 is 41.6. The Labute approximate surface area is 92.2 Å². The van der Waals surface area contributed by atoms with Crippen molar-refractivity contribution in [3.8, 4) is 0 Å². The van der Waals surface area contributed by atoms with Gasteiger partial charge in [-0.1, -0.05) is 13.3 Å². The van der Waals surface area contributed by atoms with E-state index in [2.05, 4.69) is 16.8 Å². The fourth-order valence-electron chi connectivity index (χ4n) is 1.20. The quantitative estimate of drug-likeness (QED) is 0.759. The highest BCUT2D eigenvalue weighted by Gasteiger charge is 2.27. The number of rotatable bonds is 6. The van der Waals surface area contributed by atoms with Crippen LogP contribution >= 0.6 is 0 Å². The summed E-state index contributed by atoms with van der Waals surface area (Å²) >= 11 is 0. The maximum absolute atomic E-state index is 11.8. The fourth-order valence-corrected chi connectivity index (χ4v) is 1.20. The average Bonchev–Trinajstić information content (AvgIpc) is 2.61. The highest BCUT2D eigenvalue weighted by molar-refractivity contribution is 4.96. The molecule has 0 aliphatic rings. The van der Waals surface area contributed by atoms with Gasteiger partial charge in [-0.2, -0.15) is 18.3 Å². The van der Waals surface area contributed by atoms with Crippen LogP contribution in [0, 0.1) is 0 Å². The first kappa shape index (κ1) is 13.0. The molecule has 0 aromatic carbocycles. The topological polar surface area (TPSA) is 27.1 Å². The van der Waals surface area contributed by atoms with Gasteiger partial charge in [0.15, 0.2) is 0 Å². The maximum Gasteiger partial charge on any atom is 0.411 e. The van der Waals surface area contributed by atoms with E-state index >= 15 is 0 Å². The third kappa shape index (κ3) is 5.16. The molecule has 0 N–H and O–H groups in total. The van der Waals surface area contributed by atoms with E-state index in [1.54, 1.807) is 16.9 Å². The first-order valence-electron chi connectivity index (χ1n) is 5.18. The molecule has 0 aliphatic carbocycles. The van der Waals surface area contributed by atoms with E-state index in [1.165, 1.54) is 0 Å². The van der Waals surface area contributed by atoms with E-state index < -0.39 is 12.8 Å². The highest BCUT2D eigenvalue weighted by atomic mass is 19.4. The normalized spacial score (nSPS) is 12.0. The second-order valence-electron chi connectivity index (χ2n) is 3.53. The first-order valence-corrected chi connectivity index (χ1v) is 5.18. The highest BCUT2D eigenvalue weighted by Crippen LogP contribution is 2.15. The summed E-state index contributed by atoms with van der Waals surface area (Å²) in [5.74, 6) is 0. The molecule has 1 rings (SSSR count). The number of aryl methyl sites for hydroxylation is 1. The largest absolute Gasteiger partial charge is 0.411 e. The molecule has 1 aromatic rings. The van der Waals surface area contributed by atoms with E-state index in [0.29, 0.717) is 5.69 Å². The lowest BCUT2D eigenvalue weighted by Gasteiger charge is -2.05. The molecule has 0 spiro atoms. The van der Waals surface area contributed by atoms with E-state index in [-0.39, 0.29) is 6.61 Å². The molecule has 0 saturated heterocycles. The number of nitrogens with zero attached hydrogens (tertiary/aromatic N) is 2. The van der Waals surface area contributed by atoms with Gasteiger partial charge in [-0.25, -0.2) is 0 Å². The van der Waals surface area contributed by atoms with Gasteiger partial charge >= 0.3 is 6.18 Å². The lowest BCUT2D eigenvalue weighted by molar-refractivity contribution is -0.176. The molecule has 0 saturated carbocycles. The molecular weight excluding hydrogens is 221 g/mol. The van der Waals surface area contributed by atoms with Crippen molar-refractivity contribution in [1.82, 2.24) is 9.78 Å². The molecule has 0 unspecified atom stereocenters. The van der Waals surface area contributed by atoms with Crippen LogP contribution in [0.3, 0.4) is 0 Å². The summed E-state index contributed by atoms with van der Waals surface area (Å²) in [5, 5.41) is 4.09. The molecule has 0 fully saturated rings. The lowest BCUT2D eigenvalue weighted by atomic mass is 10.3. The predicted molar refractivity (Wildman–Crippen MR) is 52.8 cm³/mol. The standard InChI is InChI=1S/C10H15F3N2O/c1-2-3-5-15-6-4-9(14-15)7-16-8-10(11,12)13/h4,6H,2-3,5,7-8H2,1H3. The monoisotopic (exact) mass is 236 g/mol. The van der Waals surface area contributed by atoms with Crippen LogP contribution in [0.5, 0.6) is 0 Å². The SMILES string of the molecule is CCCCn1ccc(COCC(F)(F)F)n1. The average molecular weight is 236 g/mol. The van der Waals surface area contributed by atoms with Gasteiger partial charge < -0.3 is 4.74 Å². The van der Waals surface area contributed by atoms with Gasteiger partial charge in [-0.3, -0.25) is 4.68 Å². The summed E-state index contributed by atoms with van der Waals surface area (Å²) in [6, 6.07) is 1.67. The lowest BCUT2D eigenvalue weighted by Crippen LogP contribution is -2.16. The Morgan fingerprint density at radius 1 is 1.44 bits per heavy atom. The second-order valence-corrected chi connectivity index (χ2v) is 3.53. The van der Waals surface area contributed by atoms with Crippen LogP contribution in [0.2, 0.25) is 0 Å². The third-order valence-electron chi connectivity index (χ3n) is 1.95. The minimum atomic E-state index is -4.27. The Kier molecular flexibility index (Phi) is 4.79. The van der Waals surface area contributed by atoms with E-state index in [4.69, 9.17) is 0 Å². The molecule has 92 valence electrons. The summed E-state index contributed by atoms with van der Waals surface area (Å²) in [4.78, 5) is 0. The van der Waals surface area contributed by atoms with Crippen molar-refractivity contribution in [2.45, 2.75) is 39.1 Å². The van der Waals surface area contributed by atoms with Gasteiger partial charge in [0.2, 0.25) is 0 Å². The summed E-state index contributed by atoms with van der Waals surface area (Å²) in [6.07, 6.45) is -0.461. The Bertz CT molecular complexity index is 309. The molecular formula is C10H15F3N2O. The van der Waals surface area contributed by atoms with Gasteiger partial charge in [0.1, 0.15) is 6.61 Å². The number of hydrogen-bond acceptors (Lipinski definition) is 2. The van der Waals surface area contributed by atoms with Gasteiger partial charge in [-0.15, -0.1) is 0 Å².